The van der Waals surface area contributed by atoms with Gasteiger partial charge in [0.15, 0.2) is 0 Å². The second-order valence-corrected chi connectivity index (χ2v) is 10.7. The highest BCUT2D eigenvalue weighted by Crippen LogP contribution is 2.38. The summed E-state index contributed by atoms with van der Waals surface area (Å²) in [4.78, 5) is 20.3. The second kappa shape index (κ2) is 9.83. The largest absolute Gasteiger partial charge is 0.391 e. The summed E-state index contributed by atoms with van der Waals surface area (Å²) in [6.45, 7) is 12.2. The molecule has 3 heterocycles. The number of likely N-dealkylation sites (tertiary alicyclic amines) is 1. The fourth-order valence-electron chi connectivity index (χ4n) is 5.45. The number of hydrogen-bond acceptors (Lipinski definition) is 6. The van der Waals surface area contributed by atoms with Gasteiger partial charge in [0.1, 0.15) is 28.9 Å². The Balaban J connectivity index is 1.39. The molecule has 3 aromatic rings. The van der Waals surface area contributed by atoms with Crippen molar-refractivity contribution in [1.82, 2.24) is 15.4 Å². The third kappa shape index (κ3) is 4.53. The molecule has 1 fully saturated rings. The predicted octanol–water partition coefficient (Wildman–Crippen LogP) is 4.92. The number of rotatable bonds is 6. The van der Waals surface area contributed by atoms with Crippen molar-refractivity contribution in [3.8, 4) is 11.1 Å². The Bertz CT molecular complexity index is 1400. The van der Waals surface area contributed by atoms with Crippen LogP contribution in [0.5, 0.6) is 0 Å². The first-order valence-corrected chi connectivity index (χ1v) is 12.9. The Morgan fingerprint density at radius 1 is 1.24 bits per heavy atom. The van der Waals surface area contributed by atoms with E-state index in [-0.39, 0.29) is 24.2 Å². The van der Waals surface area contributed by atoms with Gasteiger partial charge in [-0.15, -0.1) is 0 Å². The molecule has 0 spiro atoms. The Kier molecular flexibility index (Phi) is 6.69. The molecule has 1 amide bonds. The molecule has 0 saturated carbocycles. The zero-order valence-corrected chi connectivity index (χ0v) is 22.1. The monoisotopic (exact) mass is 516 g/mol. The number of amides is 1. The third-order valence-electron chi connectivity index (χ3n) is 7.62. The van der Waals surface area contributed by atoms with Gasteiger partial charge in [-0.05, 0) is 37.0 Å². The van der Waals surface area contributed by atoms with Crippen LogP contribution in [0.3, 0.4) is 0 Å². The molecule has 0 radical (unpaired) electrons. The first kappa shape index (κ1) is 25.9. The number of benzene rings is 2. The van der Waals surface area contributed by atoms with Crippen LogP contribution in [-0.2, 0) is 10.3 Å². The molecule has 2 aromatic carbocycles. The van der Waals surface area contributed by atoms with Gasteiger partial charge < -0.3 is 19.8 Å². The summed E-state index contributed by atoms with van der Waals surface area (Å²) in [6.07, 6.45) is -0.300. The standard InChI is InChI=1S/C30H33FN4O3/c1-17(2)27(26-14-18(3)34-38-26)29(37)35-16-22(36)15-25(35)28-32-19(4)30(5,33-28)21-12-10-20(11-13-21)23-8-6-7-9-24(23)31/h6-14,17,22,25,27,36H,4,15-16H2,1-3,5H3,(H,32,33)/t22-,25-,27-,30-/m1/s1. The number of aliphatic hydroxyl groups excluding tert-OH is 1. The number of nitrogens with zero attached hydrogens (tertiary/aromatic N) is 3. The fraction of sp³-hybridized carbons (Fsp3) is 0.367. The lowest BCUT2D eigenvalue weighted by molar-refractivity contribution is -0.134. The van der Waals surface area contributed by atoms with Crippen molar-refractivity contribution in [2.45, 2.75) is 57.7 Å². The summed E-state index contributed by atoms with van der Waals surface area (Å²) in [5.41, 5.74) is 2.83. The van der Waals surface area contributed by atoms with Gasteiger partial charge in [0.05, 0.1) is 23.5 Å². The molecule has 7 nitrogen and oxygen atoms in total. The van der Waals surface area contributed by atoms with Crippen molar-refractivity contribution in [2.75, 3.05) is 6.54 Å². The van der Waals surface area contributed by atoms with Crippen molar-refractivity contribution in [3.05, 3.63) is 89.7 Å². The highest BCUT2D eigenvalue weighted by molar-refractivity contribution is 5.96. The molecular weight excluding hydrogens is 483 g/mol. The first-order chi connectivity index (χ1) is 18.1. The first-order valence-electron chi connectivity index (χ1n) is 12.9. The molecule has 5 rings (SSSR count). The number of aliphatic imine (C=N–C) groups is 1. The molecule has 1 saturated heterocycles. The SMILES string of the molecule is C=C1N=C([C@H]2C[C@@H](O)CN2C(=O)[C@@H](c2cc(C)no2)C(C)C)N[C@@]1(C)c1ccc(-c2ccccc2F)cc1. The summed E-state index contributed by atoms with van der Waals surface area (Å²) in [5, 5.41) is 18.1. The molecule has 198 valence electrons. The number of β-amino-alcohol motifs (C(OH)–C–C–N with tert-alkyl or cyclic N) is 1. The van der Waals surface area contributed by atoms with E-state index in [1.54, 1.807) is 23.1 Å². The maximum atomic E-state index is 14.3. The maximum absolute atomic E-state index is 14.3. The number of nitrogens with one attached hydrogen (secondary N) is 1. The lowest BCUT2D eigenvalue weighted by atomic mass is 9.88. The average molecular weight is 517 g/mol. The van der Waals surface area contributed by atoms with Crippen LogP contribution in [0.15, 0.2) is 76.4 Å². The van der Waals surface area contributed by atoms with E-state index in [0.29, 0.717) is 35.0 Å². The van der Waals surface area contributed by atoms with E-state index in [4.69, 9.17) is 9.52 Å². The molecule has 2 aliphatic rings. The quantitative estimate of drug-likeness (QED) is 0.485. The molecule has 2 aliphatic heterocycles. The minimum absolute atomic E-state index is 0.0279. The van der Waals surface area contributed by atoms with Crippen LogP contribution in [0.4, 0.5) is 4.39 Å². The summed E-state index contributed by atoms with van der Waals surface area (Å²) >= 11 is 0. The van der Waals surface area contributed by atoms with Gasteiger partial charge in [0.2, 0.25) is 5.91 Å². The Morgan fingerprint density at radius 2 is 1.95 bits per heavy atom. The molecule has 38 heavy (non-hydrogen) atoms. The van der Waals surface area contributed by atoms with Crippen molar-refractivity contribution < 1.29 is 18.8 Å². The topological polar surface area (TPSA) is 91.0 Å². The molecule has 2 N–H and O–H groups in total. The van der Waals surface area contributed by atoms with Gasteiger partial charge in [0, 0.05) is 24.6 Å². The van der Waals surface area contributed by atoms with Crippen LogP contribution >= 0.6 is 0 Å². The minimum Gasteiger partial charge on any atom is -0.391 e. The second-order valence-electron chi connectivity index (χ2n) is 10.7. The highest BCUT2D eigenvalue weighted by atomic mass is 19.1. The maximum Gasteiger partial charge on any atom is 0.234 e. The average Bonchev–Trinajstić information content (AvgIpc) is 3.57. The number of hydrogen-bond donors (Lipinski definition) is 2. The van der Waals surface area contributed by atoms with Crippen LogP contribution in [0, 0.1) is 18.7 Å². The van der Waals surface area contributed by atoms with Gasteiger partial charge in [-0.2, -0.15) is 0 Å². The van der Waals surface area contributed by atoms with Gasteiger partial charge in [0.25, 0.3) is 0 Å². The van der Waals surface area contributed by atoms with Gasteiger partial charge in [-0.25, -0.2) is 9.38 Å². The zero-order chi connectivity index (χ0) is 27.2. The number of aliphatic hydroxyl groups is 1. The summed E-state index contributed by atoms with van der Waals surface area (Å²) < 4.78 is 19.8. The lowest BCUT2D eigenvalue weighted by Gasteiger charge is -2.32. The molecule has 0 bridgehead atoms. The Morgan fingerprint density at radius 3 is 2.58 bits per heavy atom. The molecule has 1 aromatic heterocycles. The molecule has 4 atom stereocenters. The minimum atomic E-state index is -0.717. The van der Waals surface area contributed by atoms with Gasteiger partial charge in [-0.3, -0.25) is 4.79 Å². The predicted molar refractivity (Wildman–Crippen MR) is 144 cm³/mol. The van der Waals surface area contributed by atoms with E-state index in [0.717, 1.165) is 11.1 Å². The van der Waals surface area contributed by atoms with Crippen molar-refractivity contribution in [2.24, 2.45) is 10.9 Å². The summed E-state index contributed by atoms with van der Waals surface area (Å²) in [5.74, 6) is 0.164. The lowest BCUT2D eigenvalue weighted by Crippen LogP contribution is -2.50. The number of aromatic nitrogens is 1. The Labute approximate surface area is 222 Å². The molecule has 0 aliphatic carbocycles. The third-order valence-corrected chi connectivity index (χ3v) is 7.62. The van der Waals surface area contributed by atoms with Crippen LogP contribution in [0.25, 0.3) is 11.1 Å². The van der Waals surface area contributed by atoms with Crippen LogP contribution in [0.2, 0.25) is 0 Å². The van der Waals surface area contributed by atoms with E-state index >= 15 is 0 Å². The smallest absolute Gasteiger partial charge is 0.234 e. The zero-order valence-electron chi connectivity index (χ0n) is 22.1. The molecule has 8 heteroatoms. The molecular formula is C30H33FN4O3. The van der Waals surface area contributed by atoms with Crippen LogP contribution in [-0.4, -0.2) is 45.6 Å². The van der Waals surface area contributed by atoms with E-state index in [2.05, 4.69) is 17.1 Å². The van der Waals surface area contributed by atoms with Crippen molar-refractivity contribution >= 4 is 11.7 Å². The number of aryl methyl sites for hydroxylation is 1. The highest BCUT2D eigenvalue weighted by Gasteiger charge is 2.46. The number of halogens is 1. The van der Waals surface area contributed by atoms with E-state index in [9.17, 15) is 14.3 Å². The summed E-state index contributed by atoms with van der Waals surface area (Å²) in [6, 6.07) is 15.7. The normalized spacial score (nSPS) is 24.0. The number of carbonyl (C=O) groups excluding carboxylic acids is 1. The molecule has 0 unspecified atom stereocenters. The van der Waals surface area contributed by atoms with E-state index in [1.807, 2.05) is 58.0 Å². The Hall–Kier alpha value is -3.78. The van der Waals surface area contributed by atoms with Crippen LogP contribution in [0.1, 0.15) is 50.1 Å². The van der Waals surface area contributed by atoms with Crippen molar-refractivity contribution in [1.29, 1.82) is 0 Å². The number of amidine groups is 1. The van der Waals surface area contributed by atoms with Gasteiger partial charge in [-0.1, -0.05) is 68.0 Å². The number of carbonyl (C=O) groups is 1. The summed E-state index contributed by atoms with van der Waals surface area (Å²) in [7, 11) is 0. The van der Waals surface area contributed by atoms with Gasteiger partial charge >= 0.3 is 0 Å². The van der Waals surface area contributed by atoms with E-state index < -0.39 is 23.6 Å². The van der Waals surface area contributed by atoms with E-state index in [1.165, 1.54) is 6.07 Å². The van der Waals surface area contributed by atoms with Crippen molar-refractivity contribution in [3.63, 3.8) is 0 Å². The fourth-order valence-corrected chi connectivity index (χ4v) is 5.45. The van der Waals surface area contributed by atoms with Crippen LogP contribution < -0.4 is 5.32 Å².